The minimum Gasteiger partial charge on any atom is -0.315 e. The molecule has 1 N–H and O–H groups in total. The normalized spacial score (nSPS) is 9.00. The zero-order chi connectivity index (χ0) is 9.84. The van der Waals surface area contributed by atoms with Crippen LogP contribution in [0.4, 0.5) is 10.1 Å². The summed E-state index contributed by atoms with van der Waals surface area (Å²) < 4.78 is 12.6. The molecule has 0 aliphatic rings. The number of amides is 1. The number of carbonyl (C=O) groups is 1. The fraction of sp³-hybridized carbons (Fsp3) is 0.100. The third kappa shape index (κ3) is 2.31. The molecule has 0 bridgehead atoms. The van der Waals surface area contributed by atoms with Gasteiger partial charge in [-0.25, -0.2) is 4.39 Å². The van der Waals surface area contributed by atoms with E-state index in [-0.39, 0.29) is 5.82 Å². The van der Waals surface area contributed by atoms with E-state index < -0.39 is 5.91 Å². The second kappa shape index (κ2) is 3.72. The van der Waals surface area contributed by atoms with Gasteiger partial charge in [-0.2, -0.15) is 0 Å². The molecule has 0 radical (unpaired) electrons. The van der Waals surface area contributed by atoms with E-state index in [0.717, 1.165) is 0 Å². The number of hydrogen-bond acceptors (Lipinski definition) is 1. The molecule has 66 valence electrons. The van der Waals surface area contributed by atoms with Crippen LogP contribution in [0.1, 0.15) is 5.56 Å². The fourth-order valence-corrected chi connectivity index (χ4v) is 0.926. The van der Waals surface area contributed by atoms with Crippen molar-refractivity contribution in [2.24, 2.45) is 0 Å². The zero-order valence-electron chi connectivity index (χ0n) is 7.10. The van der Waals surface area contributed by atoms with Crippen molar-refractivity contribution in [3.05, 3.63) is 29.6 Å². The monoisotopic (exact) mass is 177 g/mol. The smallest absolute Gasteiger partial charge is 0.300 e. The van der Waals surface area contributed by atoms with Crippen LogP contribution in [0.3, 0.4) is 0 Å². The second-order valence-electron chi connectivity index (χ2n) is 2.56. The Morgan fingerprint density at radius 1 is 1.62 bits per heavy atom. The molecule has 0 fully saturated rings. The molecule has 0 aromatic heterocycles. The lowest BCUT2D eigenvalue weighted by atomic mass is 10.2. The van der Waals surface area contributed by atoms with Crippen LogP contribution in [-0.4, -0.2) is 5.91 Å². The van der Waals surface area contributed by atoms with E-state index in [9.17, 15) is 9.18 Å². The van der Waals surface area contributed by atoms with Gasteiger partial charge in [0.25, 0.3) is 5.91 Å². The van der Waals surface area contributed by atoms with E-state index >= 15 is 0 Å². The molecule has 0 heterocycles. The van der Waals surface area contributed by atoms with Crippen LogP contribution in [-0.2, 0) is 4.79 Å². The summed E-state index contributed by atoms with van der Waals surface area (Å²) in [6.07, 6.45) is 4.86. The van der Waals surface area contributed by atoms with Crippen molar-refractivity contribution >= 4 is 11.6 Å². The number of aryl methyl sites for hydroxylation is 1. The SMILES string of the molecule is C#CC(=O)Nc1ccc(F)cc1C. The Kier molecular flexibility index (Phi) is 2.65. The molecule has 1 aromatic carbocycles. The maximum Gasteiger partial charge on any atom is 0.300 e. The summed E-state index contributed by atoms with van der Waals surface area (Å²) >= 11 is 0. The average Bonchev–Trinajstić information content (AvgIpc) is 2.09. The Labute approximate surface area is 75.8 Å². The molecule has 0 spiro atoms. The van der Waals surface area contributed by atoms with Gasteiger partial charge in [-0.3, -0.25) is 4.79 Å². The van der Waals surface area contributed by atoms with Crippen LogP contribution < -0.4 is 5.32 Å². The summed E-state index contributed by atoms with van der Waals surface area (Å²) in [5.41, 5.74) is 1.17. The molecular weight excluding hydrogens is 169 g/mol. The molecule has 1 amide bonds. The zero-order valence-corrected chi connectivity index (χ0v) is 7.10. The van der Waals surface area contributed by atoms with Gasteiger partial charge in [-0.05, 0) is 36.6 Å². The van der Waals surface area contributed by atoms with Gasteiger partial charge in [0.15, 0.2) is 0 Å². The summed E-state index contributed by atoms with van der Waals surface area (Å²) in [6, 6.07) is 4.06. The largest absolute Gasteiger partial charge is 0.315 e. The molecule has 0 saturated carbocycles. The van der Waals surface area contributed by atoms with Gasteiger partial charge < -0.3 is 5.32 Å². The molecule has 0 aliphatic carbocycles. The number of terminal acetylenes is 1. The first-order valence-electron chi connectivity index (χ1n) is 3.67. The minimum absolute atomic E-state index is 0.337. The summed E-state index contributed by atoms with van der Waals surface area (Å²) in [6.45, 7) is 1.69. The highest BCUT2D eigenvalue weighted by atomic mass is 19.1. The van der Waals surface area contributed by atoms with E-state index in [2.05, 4.69) is 5.32 Å². The average molecular weight is 177 g/mol. The van der Waals surface area contributed by atoms with Gasteiger partial charge in [-0.15, -0.1) is 6.42 Å². The summed E-state index contributed by atoms with van der Waals surface area (Å²) in [5.74, 6) is 1.04. The third-order valence-electron chi connectivity index (χ3n) is 1.57. The second-order valence-corrected chi connectivity index (χ2v) is 2.56. The summed E-state index contributed by atoms with van der Waals surface area (Å²) in [5, 5.41) is 2.45. The highest BCUT2D eigenvalue weighted by Crippen LogP contribution is 2.15. The number of nitrogens with one attached hydrogen (secondary N) is 1. The van der Waals surface area contributed by atoms with Crippen molar-refractivity contribution in [2.45, 2.75) is 6.92 Å². The van der Waals surface area contributed by atoms with Crippen molar-refractivity contribution in [3.8, 4) is 12.3 Å². The van der Waals surface area contributed by atoms with Gasteiger partial charge in [0.1, 0.15) is 5.82 Å². The van der Waals surface area contributed by atoms with Crippen molar-refractivity contribution in [1.82, 2.24) is 0 Å². The Hall–Kier alpha value is -1.82. The fourth-order valence-electron chi connectivity index (χ4n) is 0.926. The van der Waals surface area contributed by atoms with Gasteiger partial charge in [0.2, 0.25) is 0 Å². The molecule has 3 heteroatoms. The number of hydrogen-bond donors (Lipinski definition) is 1. The molecule has 0 aliphatic heterocycles. The predicted octanol–water partition coefficient (Wildman–Crippen LogP) is 1.71. The van der Waals surface area contributed by atoms with Crippen molar-refractivity contribution in [3.63, 3.8) is 0 Å². The van der Waals surface area contributed by atoms with Crippen molar-refractivity contribution in [1.29, 1.82) is 0 Å². The topological polar surface area (TPSA) is 29.1 Å². The van der Waals surface area contributed by atoms with Gasteiger partial charge in [0.05, 0.1) is 0 Å². The van der Waals surface area contributed by atoms with E-state index in [4.69, 9.17) is 6.42 Å². The summed E-state index contributed by atoms with van der Waals surface area (Å²) in [7, 11) is 0. The van der Waals surface area contributed by atoms with Crippen LogP contribution in [0.25, 0.3) is 0 Å². The van der Waals surface area contributed by atoms with Crippen molar-refractivity contribution in [2.75, 3.05) is 5.32 Å². The number of halogens is 1. The van der Waals surface area contributed by atoms with Crippen LogP contribution in [0, 0.1) is 25.1 Å². The quantitative estimate of drug-likeness (QED) is 0.650. The van der Waals surface area contributed by atoms with Crippen LogP contribution >= 0.6 is 0 Å². The Bertz CT molecular complexity index is 379. The maximum atomic E-state index is 12.6. The standard InChI is InChI=1S/C10H8FNO/c1-3-10(13)12-9-5-4-8(11)6-7(9)2/h1,4-6H,2H3,(H,12,13). The summed E-state index contributed by atoms with van der Waals surface area (Å²) in [4.78, 5) is 10.8. The molecular formula is C10H8FNO. The number of carbonyl (C=O) groups excluding carboxylic acids is 1. The minimum atomic E-state index is -0.533. The number of benzene rings is 1. The predicted molar refractivity (Wildman–Crippen MR) is 48.6 cm³/mol. The van der Waals surface area contributed by atoms with Crippen LogP contribution in [0.15, 0.2) is 18.2 Å². The lowest BCUT2D eigenvalue weighted by molar-refractivity contribution is -0.111. The molecule has 0 saturated heterocycles. The Morgan fingerprint density at radius 2 is 2.31 bits per heavy atom. The molecule has 1 rings (SSSR count). The first kappa shape index (κ1) is 9.27. The highest BCUT2D eigenvalue weighted by Gasteiger charge is 2.01. The van der Waals surface area contributed by atoms with E-state index in [1.807, 2.05) is 5.92 Å². The number of rotatable bonds is 1. The van der Waals surface area contributed by atoms with Gasteiger partial charge >= 0.3 is 0 Å². The Balaban J connectivity index is 2.91. The molecule has 0 atom stereocenters. The van der Waals surface area contributed by atoms with Crippen molar-refractivity contribution < 1.29 is 9.18 Å². The molecule has 2 nitrogen and oxygen atoms in total. The van der Waals surface area contributed by atoms with Crippen LogP contribution in [0.5, 0.6) is 0 Å². The third-order valence-corrected chi connectivity index (χ3v) is 1.57. The van der Waals surface area contributed by atoms with Gasteiger partial charge in [0, 0.05) is 5.69 Å². The van der Waals surface area contributed by atoms with E-state index in [0.29, 0.717) is 11.3 Å². The van der Waals surface area contributed by atoms with Gasteiger partial charge in [-0.1, -0.05) is 0 Å². The van der Waals surface area contributed by atoms with Crippen LogP contribution in [0.2, 0.25) is 0 Å². The molecule has 0 unspecified atom stereocenters. The first-order chi connectivity index (χ1) is 6.13. The first-order valence-corrected chi connectivity index (χ1v) is 3.67. The maximum absolute atomic E-state index is 12.6. The molecule has 1 aromatic rings. The molecule has 13 heavy (non-hydrogen) atoms. The van der Waals surface area contributed by atoms with E-state index in [1.54, 1.807) is 6.92 Å². The lowest BCUT2D eigenvalue weighted by Gasteiger charge is -2.04. The highest BCUT2D eigenvalue weighted by molar-refractivity contribution is 6.03. The Morgan fingerprint density at radius 3 is 2.85 bits per heavy atom. The lowest BCUT2D eigenvalue weighted by Crippen LogP contribution is -2.09. The number of anilines is 1. The van der Waals surface area contributed by atoms with E-state index in [1.165, 1.54) is 18.2 Å².